The SMILES string of the molecule is CCN(CC)C(CN=C(N)N1CCN(c2nccs2)CC1)c1ccco1.I. The molecule has 1 fully saturated rings. The molecule has 0 amide bonds. The minimum absolute atomic E-state index is 0. The van der Waals surface area contributed by atoms with Gasteiger partial charge in [-0.2, -0.15) is 0 Å². The number of nitrogens with zero attached hydrogens (tertiary/aromatic N) is 5. The largest absolute Gasteiger partial charge is 0.468 e. The molecule has 0 bridgehead atoms. The van der Waals surface area contributed by atoms with Crippen LogP contribution in [-0.4, -0.2) is 66.6 Å². The van der Waals surface area contributed by atoms with Crippen molar-refractivity contribution in [1.29, 1.82) is 0 Å². The number of aromatic nitrogens is 1. The third-order valence-corrected chi connectivity index (χ3v) is 5.68. The molecule has 1 saturated heterocycles. The normalized spacial score (nSPS) is 16.5. The zero-order valence-electron chi connectivity index (χ0n) is 16.0. The van der Waals surface area contributed by atoms with Crippen molar-refractivity contribution in [2.75, 3.05) is 50.7 Å². The third kappa shape index (κ3) is 5.58. The number of furan rings is 1. The van der Waals surface area contributed by atoms with Gasteiger partial charge in [0.05, 0.1) is 18.8 Å². The molecule has 1 unspecified atom stereocenters. The molecular formula is C18H29IN6OS. The van der Waals surface area contributed by atoms with Crippen molar-refractivity contribution in [3.63, 3.8) is 0 Å². The second kappa shape index (κ2) is 10.9. The Bertz CT molecular complexity index is 666. The standard InChI is InChI=1S/C18H28N6OS.HI/c1-3-22(4-2)15(16-6-5-12-25-16)14-21-17(19)23-8-10-24(11-9-23)18-20-7-13-26-18;/h5-7,12-13,15H,3-4,8-11,14H2,1-2H3,(H2,19,21);1H. The Hall–Kier alpha value is -1.33. The lowest BCUT2D eigenvalue weighted by Crippen LogP contribution is -2.51. The summed E-state index contributed by atoms with van der Waals surface area (Å²) in [6.07, 6.45) is 3.57. The summed E-state index contributed by atoms with van der Waals surface area (Å²) in [6.45, 7) is 10.4. The quantitative estimate of drug-likeness (QED) is 0.355. The van der Waals surface area contributed by atoms with E-state index in [0.717, 1.165) is 50.2 Å². The number of aliphatic imine (C=N–C) groups is 1. The smallest absolute Gasteiger partial charge is 0.191 e. The Morgan fingerprint density at radius 2 is 2.07 bits per heavy atom. The predicted octanol–water partition coefficient (Wildman–Crippen LogP) is 2.87. The van der Waals surface area contributed by atoms with Crippen molar-refractivity contribution >= 4 is 46.4 Å². The van der Waals surface area contributed by atoms with Crippen LogP contribution >= 0.6 is 35.3 Å². The van der Waals surface area contributed by atoms with Gasteiger partial charge in [0.2, 0.25) is 0 Å². The lowest BCUT2D eigenvalue weighted by Gasteiger charge is -2.35. The number of rotatable bonds is 7. The van der Waals surface area contributed by atoms with Gasteiger partial charge < -0.3 is 20.0 Å². The van der Waals surface area contributed by atoms with Crippen molar-refractivity contribution in [1.82, 2.24) is 14.8 Å². The van der Waals surface area contributed by atoms with Gasteiger partial charge in [-0.3, -0.25) is 9.89 Å². The highest BCUT2D eigenvalue weighted by Crippen LogP contribution is 2.22. The van der Waals surface area contributed by atoms with Crippen LogP contribution in [0, 0.1) is 0 Å². The van der Waals surface area contributed by atoms with E-state index in [1.165, 1.54) is 0 Å². The second-order valence-corrected chi connectivity index (χ2v) is 7.11. The summed E-state index contributed by atoms with van der Waals surface area (Å²) in [5.74, 6) is 1.56. The molecule has 7 nitrogen and oxygen atoms in total. The molecule has 2 aromatic rings. The number of likely N-dealkylation sites (N-methyl/N-ethyl adjacent to an activating group) is 1. The van der Waals surface area contributed by atoms with Gasteiger partial charge in [-0.25, -0.2) is 4.98 Å². The van der Waals surface area contributed by atoms with Crippen LogP contribution in [0.3, 0.4) is 0 Å². The number of hydrogen-bond acceptors (Lipinski definition) is 6. The molecule has 3 rings (SSSR count). The maximum Gasteiger partial charge on any atom is 0.191 e. The Labute approximate surface area is 182 Å². The summed E-state index contributed by atoms with van der Waals surface area (Å²) in [6, 6.07) is 4.06. The monoisotopic (exact) mass is 504 g/mol. The number of nitrogens with two attached hydrogens (primary N) is 1. The molecule has 1 atom stereocenters. The number of piperazine rings is 1. The number of halogens is 1. The first-order valence-corrected chi connectivity index (χ1v) is 10.1. The maximum atomic E-state index is 6.29. The van der Waals surface area contributed by atoms with E-state index in [1.807, 2.05) is 23.7 Å². The van der Waals surface area contributed by atoms with E-state index < -0.39 is 0 Å². The molecule has 3 heterocycles. The molecule has 0 saturated carbocycles. The molecule has 150 valence electrons. The molecule has 2 N–H and O–H groups in total. The first-order chi connectivity index (χ1) is 12.7. The fourth-order valence-electron chi connectivity index (χ4n) is 3.31. The van der Waals surface area contributed by atoms with Crippen LogP contribution in [0.1, 0.15) is 25.6 Å². The first-order valence-electron chi connectivity index (χ1n) is 9.19. The summed E-state index contributed by atoms with van der Waals surface area (Å²) in [7, 11) is 0. The molecular weight excluding hydrogens is 475 g/mol. The number of thiazole rings is 1. The Balaban J connectivity index is 0.00000261. The van der Waals surface area contributed by atoms with Crippen molar-refractivity contribution in [3.05, 3.63) is 35.7 Å². The lowest BCUT2D eigenvalue weighted by molar-refractivity contribution is 0.198. The number of hydrogen-bond donors (Lipinski definition) is 1. The molecule has 2 aromatic heterocycles. The molecule has 9 heteroatoms. The average molecular weight is 504 g/mol. The van der Waals surface area contributed by atoms with Crippen LogP contribution in [0.5, 0.6) is 0 Å². The number of guanidine groups is 1. The fourth-order valence-corrected chi connectivity index (χ4v) is 4.01. The van der Waals surface area contributed by atoms with Crippen LogP contribution in [-0.2, 0) is 0 Å². The van der Waals surface area contributed by atoms with Crippen LogP contribution in [0.15, 0.2) is 39.4 Å². The molecule has 27 heavy (non-hydrogen) atoms. The van der Waals surface area contributed by atoms with E-state index in [2.05, 4.69) is 33.5 Å². The van der Waals surface area contributed by atoms with Gasteiger partial charge in [0.1, 0.15) is 5.76 Å². The summed E-state index contributed by atoms with van der Waals surface area (Å²) >= 11 is 1.68. The molecule has 0 spiro atoms. The summed E-state index contributed by atoms with van der Waals surface area (Å²) < 4.78 is 5.64. The van der Waals surface area contributed by atoms with Gasteiger partial charge in [-0.15, -0.1) is 35.3 Å². The van der Waals surface area contributed by atoms with E-state index >= 15 is 0 Å². The minimum atomic E-state index is 0. The zero-order chi connectivity index (χ0) is 18.4. The summed E-state index contributed by atoms with van der Waals surface area (Å²) in [5.41, 5.74) is 6.29. The van der Waals surface area contributed by atoms with Crippen LogP contribution in [0.4, 0.5) is 5.13 Å². The van der Waals surface area contributed by atoms with E-state index in [0.29, 0.717) is 12.5 Å². The van der Waals surface area contributed by atoms with Crippen molar-refractivity contribution < 1.29 is 4.42 Å². The minimum Gasteiger partial charge on any atom is -0.468 e. The van der Waals surface area contributed by atoms with Crippen molar-refractivity contribution in [2.45, 2.75) is 19.9 Å². The van der Waals surface area contributed by atoms with Crippen LogP contribution in [0.25, 0.3) is 0 Å². The molecule has 0 aromatic carbocycles. The van der Waals surface area contributed by atoms with Gasteiger partial charge in [-0.05, 0) is 25.2 Å². The lowest BCUT2D eigenvalue weighted by atomic mass is 10.2. The molecule has 0 radical (unpaired) electrons. The summed E-state index contributed by atoms with van der Waals surface area (Å²) in [4.78, 5) is 15.9. The predicted molar refractivity (Wildman–Crippen MR) is 122 cm³/mol. The highest BCUT2D eigenvalue weighted by molar-refractivity contribution is 14.0. The van der Waals surface area contributed by atoms with Gasteiger partial charge in [0.25, 0.3) is 0 Å². The van der Waals surface area contributed by atoms with Gasteiger partial charge in [0.15, 0.2) is 11.1 Å². The number of anilines is 1. The van der Waals surface area contributed by atoms with E-state index in [1.54, 1.807) is 17.6 Å². The first kappa shape index (κ1) is 22.0. The van der Waals surface area contributed by atoms with Crippen molar-refractivity contribution in [2.24, 2.45) is 10.7 Å². The zero-order valence-corrected chi connectivity index (χ0v) is 19.1. The van der Waals surface area contributed by atoms with Crippen LogP contribution in [0.2, 0.25) is 0 Å². The van der Waals surface area contributed by atoms with E-state index in [-0.39, 0.29) is 30.0 Å². The van der Waals surface area contributed by atoms with Gasteiger partial charge in [-0.1, -0.05) is 13.8 Å². The second-order valence-electron chi connectivity index (χ2n) is 6.24. The van der Waals surface area contributed by atoms with Crippen LogP contribution < -0.4 is 10.6 Å². The Morgan fingerprint density at radius 1 is 1.33 bits per heavy atom. The highest BCUT2D eigenvalue weighted by Gasteiger charge is 2.22. The van der Waals surface area contributed by atoms with E-state index in [9.17, 15) is 0 Å². The third-order valence-electron chi connectivity index (χ3n) is 4.84. The fraction of sp³-hybridized carbons (Fsp3) is 0.556. The van der Waals surface area contributed by atoms with Gasteiger partial charge >= 0.3 is 0 Å². The van der Waals surface area contributed by atoms with Gasteiger partial charge in [0, 0.05) is 37.8 Å². The van der Waals surface area contributed by atoms with Crippen molar-refractivity contribution in [3.8, 4) is 0 Å². The topological polar surface area (TPSA) is 74.1 Å². The van der Waals surface area contributed by atoms with E-state index in [4.69, 9.17) is 15.1 Å². The summed E-state index contributed by atoms with van der Waals surface area (Å²) in [5, 5.41) is 3.10. The molecule has 1 aliphatic rings. The average Bonchev–Trinajstić information content (AvgIpc) is 3.39. The maximum absolute atomic E-state index is 6.29. The Kier molecular flexibility index (Phi) is 8.84. The molecule has 0 aliphatic carbocycles. The highest BCUT2D eigenvalue weighted by atomic mass is 127. The molecule has 1 aliphatic heterocycles. The Morgan fingerprint density at radius 3 is 2.63 bits per heavy atom.